The summed E-state index contributed by atoms with van der Waals surface area (Å²) in [6, 6.07) is 7.12. The van der Waals surface area contributed by atoms with Crippen molar-refractivity contribution in [2.24, 2.45) is 5.41 Å². The Hall–Kier alpha value is -0.640. The summed E-state index contributed by atoms with van der Waals surface area (Å²) in [6.45, 7) is 5.27. The quantitative estimate of drug-likeness (QED) is 0.888. The first-order valence-electron chi connectivity index (χ1n) is 6.44. The lowest BCUT2D eigenvalue weighted by atomic mass is 9.86. The van der Waals surface area contributed by atoms with Crippen LogP contribution in [0.15, 0.2) is 24.3 Å². The molecule has 3 rings (SSSR count). The first kappa shape index (κ1) is 13.8. The van der Waals surface area contributed by atoms with Crippen molar-refractivity contribution >= 4 is 12.4 Å². The fourth-order valence-electron chi connectivity index (χ4n) is 3.17. The Balaban J connectivity index is 0.00000120. The second-order valence-corrected chi connectivity index (χ2v) is 5.48. The number of nitrogens with zero attached hydrogens (tertiary/aromatic N) is 1. The summed E-state index contributed by atoms with van der Waals surface area (Å²) in [6.07, 6.45) is 2.54. The van der Waals surface area contributed by atoms with Crippen LogP contribution in [-0.4, -0.2) is 31.1 Å². The van der Waals surface area contributed by atoms with Gasteiger partial charge in [0.05, 0.1) is 0 Å². The highest BCUT2D eigenvalue weighted by Crippen LogP contribution is 2.36. The van der Waals surface area contributed by atoms with Gasteiger partial charge in [0.2, 0.25) is 0 Å². The van der Waals surface area contributed by atoms with Crippen LogP contribution < -0.4 is 5.32 Å². The third kappa shape index (κ3) is 2.68. The van der Waals surface area contributed by atoms with Crippen LogP contribution in [0.3, 0.4) is 0 Å². The zero-order valence-electron chi connectivity index (χ0n) is 10.5. The third-order valence-electron chi connectivity index (χ3n) is 4.20. The molecule has 0 radical (unpaired) electrons. The minimum Gasteiger partial charge on any atom is -0.316 e. The van der Waals surface area contributed by atoms with Crippen LogP contribution >= 0.6 is 12.4 Å². The van der Waals surface area contributed by atoms with Crippen molar-refractivity contribution in [3.63, 3.8) is 0 Å². The number of nitrogens with one attached hydrogen (secondary N) is 1. The number of hydrogen-bond acceptors (Lipinski definition) is 2. The molecular formula is C14H20ClFN2. The Bertz CT molecular complexity index is 405. The summed E-state index contributed by atoms with van der Waals surface area (Å²) in [5.74, 6) is -0.0713. The van der Waals surface area contributed by atoms with E-state index in [4.69, 9.17) is 0 Å². The summed E-state index contributed by atoms with van der Waals surface area (Å²) in [4.78, 5) is 2.39. The first-order chi connectivity index (χ1) is 8.27. The zero-order valence-corrected chi connectivity index (χ0v) is 11.3. The summed E-state index contributed by atoms with van der Waals surface area (Å²) in [7, 11) is 0. The molecular weight excluding hydrogens is 251 g/mol. The molecule has 2 aliphatic heterocycles. The van der Waals surface area contributed by atoms with Gasteiger partial charge >= 0.3 is 0 Å². The Kier molecular flexibility index (Phi) is 4.25. The standard InChI is InChI=1S/C14H19FN2.ClH/c15-13-4-2-1-3-12(13)9-17-8-6-14(11-17)5-7-16-10-14;/h1-4,16H,5-11H2;1H. The van der Waals surface area contributed by atoms with Crippen molar-refractivity contribution in [2.75, 3.05) is 26.2 Å². The summed E-state index contributed by atoms with van der Waals surface area (Å²) in [5.41, 5.74) is 1.31. The van der Waals surface area contributed by atoms with Crippen LogP contribution in [0.1, 0.15) is 18.4 Å². The second kappa shape index (κ2) is 5.55. The Morgan fingerprint density at radius 2 is 2.11 bits per heavy atom. The smallest absolute Gasteiger partial charge is 0.127 e. The van der Waals surface area contributed by atoms with E-state index in [0.29, 0.717) is 5.41 Å². The third-order valence-corrected chi connectivity index (χ3v) is 4.20. The number of hydrogen-bond donors (Lipinski definition) is 1. The van der Waals surface area contributed by atoms with Gasteiger partial charge in [0.1, 0.15) is 5.82 Å². The maximum absolute atomic E-state index is 13.6. The number of benzene rings is 1. The lowest BCUT2D eigenvalue weighted by molar-refractivity contribution is 0.266. The monoisotopic (exact) mass is 270 g/mol. The van der Waals surface area contributed by atoms with Crippen molar-refractivity contribution in [1.29, 1.82) is 0 Å². The lowest BCUT2D eigenvalue weighted by Crippen LogP contribution is -2.29. The minimum atomic E-state index is -0.0713. The fourth-order valence-corrected chi connectivity index (χ4v) is 3.17. The minimum absolute atomic E-state index is 0. The Morgan fingerprint density at radius 3 is 2.83 bits per heavy atom. The van der Waals surface area contributed by atoms with Gasteiger partial charge in [0.15, 0.2) is 0 Å². The van der Waals surface area contributed by atoms with E-state index in [2.05, 4.69) is 10.2 Å². The van der Waals surface area contributed by atoms with Gasteiger partial charge in [-0.3, -0.25) is 4.90 Å². The number of likely N-dealkylation sites (tertiary alicyclic amines) is 1. The molecule has 1 N–H and O–H groups in total. The zero-order chi connectivity index (χ0) is 11.7. The van der Waals surface area contributed by atoms with Crippen molar-refractivity contribution in [2.45, 2.75) is 19.4 Å². The summed E-state index contributed by atoms with van der Waals surface area (Å²) in [5, 5.41) is 3.45. The van der Waals surface area contributed by atoms with Gasteiger partial charge in [-0.25, -0.2) is 4.39 Å². The van der Waals surface area contributed by atoms with Crippen molar-refractivity contribution in [3.8, 4) is 0 Å². The Morgan fingerprint density at radius 1 is 1.28 bits per heavy atom. The van der Waals surface area contributed by atoms with Crippen LogP contribution in [0, 0.1) is 11.2 Å². The van der Waals surface area contributed by atoms with Gasteiger partial charge in [-0.05, 0) is 37.4 Å². The molecule has 1 atom stereocenters. The SMILES string of the molecule is Cl.Fc1ccccc1CN1CCC2(CCNC2)C1. The molecule has 2 nitrogen and oxygen atoms in total. The van der Waals surface area contributed by atoms with Crippen LogP contribution in [0.2, 0.25) is 0 Å². The van der Waals surface area contributed by atoms with Crippen LogP contribution in [0.5, 0.6) is 0 Å². The normalized spacial score (nSPS) is 27.6. The summed E-state index contributed by atoms with van der Waals surface area (Å²) < 4.78 is 13.6. The van der Waals surface area contributed by atoms with E-state index in [1.54, 1.807) is 12.1 Å². The lowest BCUT2D eigenvalue weighted by Gasteiger charge is -2.22. The first-order valence-corrected chi connectivity index (χ1v) is 6.44. The molecule has 1 unspecified atom stereocenters. The molecule has 1 aromatic carbocycles. The second-order valence-electron chi connectivity index (χ2n) is 5.48. The largest absolute Gasteiger partial charge is 0.316 e. The molecule has 100 valence electrons. The molecule has 0 aromatic heterocycles. The van der Waals surface area contributed by atoms with E-state index in [-0.39, 0.29) is 18.2 Å². The van der Waals surface area contributed by atoms with Crippen LogP contribution in [-0.2, 0) is 6.54 Å². The highest BCUT2D eigenvalue weighted by atomic mass is 35.5. The van der Waals surface area contributed by atoms with Gasteiger partial charge in [-0.2, -0.15) is 0 Å². The van der Waals surface area contributed by atoms with Crippen LogP contribution in [0.4, 0.5) is 4.39 Å². The molecule has 0 aliphatic carbocycles. The molecule has 2 fully saturated rings. The van der Waals surface area contributed by atoms with Crippen molar-refractivity contribution in [3.05, 3.63) is 35.6 Å². The molecule has 2 heterocycles. The maximum Gasteiger partial charge on any atom is 0.127 e. The van der Waals surface area contributed by atoms with Gasteiger partial charge in [0.25, 0.3) is 0 Å². The highest BCUT2D eigenvalue weighted by Gasteiger charge is 2.40. The molecule has 1 spiro atoms. The Labute approximate surface area is 114 Å². The molecule has 0 amide bonds. The van der Waals surface area contributed by atoms with Gasteiger partial charge in [-0.1, -0.05) is 18.2 Å². The number of rotatable bonds is 2. The number of halogens is 2. The average Bonchev–Trinajstić information content (AvgIpc) is 2.94. The molecule has 0 saturated carbocycles. The van der Waals surface area contributed by atoms with Crippen molar-refractivity contribution < 1.29 is 4.39 Å². The fraction of sp³-hybridized carbons (Fsp3) is 0.571. The molecule has 2 saturated heterocycles. The van der Waals surface area contributed by atoms with Gasteiger partial charge in [0, 0.05) is 25.2 Å². The van der Waals surface area contributed by atoms with E-state index in [1.165, 1.54) is 12.8 Å². The van der Waals surface area contributed by atoms with Gasteiger partial charge in [-0.15, -0.1) is 12.4 Å². The molecule has 0 bridgehead atoms. The summed E-state index contributed by atoms with van der Waals surface area (Å²) >= 11 is 0. The molecule has 1 aromatic rings. The average molecular weight is 271 g/mol. The van der Waals surface area contributed by atoms with Gasteiger partial charge < -0.3 is 5.32 Å². The van der Waals surface area contributed by atoms with Crippen LogP contribution in [0.25, 0.3) is 0 Å². The van der Waals surface area contributed by atoms with E-state index in [0.717, 1.165) is 38.3 Å². The molecule has 2 aliphatic rings. The van der Waals surface area contributed by atoms with E-state index >= 15 is 0 Å². The predicted octanol–water partition coefficient (Wildman–Crippen LogP) is 2.43. The van der Waals surface area contributed by atoms with E-state index in [9.17, 15) is 4.39 Å². The molecule has 4 heteroatoms. The van der Waals surface area contributed by atoms with E-state index < -0.39 is 0 Å². The predicted molar refractivity (Wildman–Crippen MR) is 73.5 cm³/mol. The van der Waals surface area contributed by atoms with E-state index in [1.807, 2.05) is 12.1 Å². The topological polar surface area (TPSA) is 15.3 Å². The maximum atomic E-state index is 13.6. The van der Waals surface area contributed by atoms with Crippen molar-refractivity contribution in [1.82, 2.24) is 10.2 Å². The molecule has 18 heavy (non-hydrogen) atoms. The highest BCUT2D eigenvalue weighted by molar-refractivity contribution is 5.85.